The summed E-state index contributed by atoms with van der Waals surface area (Å²) in [6.07, 6.45) is 10.2. The summed E-state index contributed by atoms with van der Waals surface area (Å²) in [5.74, 6) is 2.76. The van der Waals surface area contributed by atoms with Crippen LogP contribution in [0.15, 0.2) is 0 Å². The summed E-state index contributed by atoms with van der Waals surface area (Å²) in [5, 5.41) is 0. The van der Waals surface area contributed by atoms with Crippen molar-refractivity contribution in [3.63, 3.8) is 0 Å². The van der Waals surface area contributed by atoms with Crippen LogP contribution in [0.1, 0.15) is 45.4 Å². The monoisotopic (exact) mass is 194 g/mol. The number of rotatable bonds is 4. The van der Waals surface area contributed by atoms with Crippen LogP contribution in [0.5, 0.6) is 0 Å². The third kappa shape index (κ3) is 2.85. The lowest BCUT2D eigenvalue weighted by atomic mass is 9.89. The maximum atomic E-state index is 11.8. The van der Waals surface area contributed by atoms with Crippen molar-refractivity contribution in [1.29, 1.82) is 0 Å². The van der Waals surface area contributed by atoms with Crippen molar-refractivity contribution in [3.8, 4) is 12.3 Å². The highest BCUT2D eigenvalue weighted by atomic mass is 16.5. The minimum Gasteiger partial charge on any atom is -0.368 e. The fourth-order valence-corrected chi connectivity index (χ4v) is 1.77. The Balaban J connectivity index is 2.38. The number of Topliss-reactive ketones (excluding diaryl/α,β-unsaturated/α-hetero) is 1. The predicted octanol–water partition coefficient (Wildman–Crippen LogP) is 2.32. The van der Waals surface area contributed by atoms with E-state index < -0.39 is 5.60 Å². The van der Waals surface area contributed by atoms with Crippen molar-refractivity contribution in [3.05, 3.63) is 0 Å². The summed E-state index contributed by atoms with van der Waals surface area (Å²) in [7, 11) is 0. The number of hydrogen-bond acceptors (Lipinski definition) is 2. The number of unbranched alkanes of at least 4 members (excludes halogenated alkanes) is 1. The first-order chi connectivity index (χ1) is 6.69. The Morgan fingerprint density at radius 2 is 2.36 bits per heavy atom. The summed E-state index contributed by atoms with van der Waals surface area (Å²) < 4.78 is 5.56. The fourth-order valence-electron chi connectivity index (χ4n) is 1.77. The van der Waals surface area contributed by atoms with E-state index >= 15 is 0 Å². The van der Waals surface area contributed by atoms with Crippen molar-refractivity contribution in [1.82, 2.24) is 0 Å². The number of terminal acetylenes is 1. The molecule has 0 aromatic rings. The minimum atomic E-state index is -0.521. The number of hydrogen-bond donors (Lipinski definition) is 0. The van der Waals surface area contributed by atoms with Gasteiger partial charge in [0.1, 0.15) is 5.60 Å². The molecule has 2 heteroatoms. The van der Waals surface area contributed by atoms with E-state index in [1.807, 2.05) is 6.92 Å². The fraction of sp³-hybridized carbons (Fsp3) is 0.750. The molecule has 14 heavy (non-hydrogen) atoms. The Morgan fingerprint density at radius 1 is 1.57 bits per heavy atom. The van der Waals surface area contributed by atoms with Crippen molar-refractivity contribution in [2.24, 2.45) is 0 Å². The standard InChI is InChI=1S/C12H18O2/c1-3-4-5-8-11(13)12(2)9-6-7-10-14-12/h1H,4-10H2,2H3. The topological polar surface area (TPSA) is 26.3 Å². The highest BCUT2D eigenvalue weighted by Crippen LogP contribution is 2.26. The smallest absolute Gasteiger partial charge is 0.164 e. The van der Waals surface area contributed by atoms with E-state index in [4.69, 9.17) is 11.2 Å². The van der Waals surface area contributed by atoms with Gasteiger partial charge in [-0.2, -0.15) is 0 Å². The molecule has 0 amide bonds. The highest BCUT2D eigenvalue weighted by molar-refractivity contribution is 5.86. The molecule has 2 nitrogen and oxygen atoms in total. The van der Waals surface area contributed by atoms with Crippen molar-refractivity contribution < 1.29 is 9.53 Å². The lowest BCUT2D eigenvalue weighted by molar-refractivity contribution is -0.148. The van der Waals surface area contributed by atoms with Crippen LogP contribution in [-0.2, 0) is 9.53 Å². The van der Waals surface area contributed by atoms with Crippen LogP contribution >= 0.6 is 0 Å². The van der Waals surface area contributed by atoms with E-state index in [-0.39, 0.29) is 5.78 Å². The molecule has 0 N–H and O–H groups in total. The first-order valence-corrected chi connectivity index (χ1v) is 5.30. The molecular weight excluding hydrogens is 176 g/mol. The third-order valence-corrected chi connectivity index (χ3v) is 2.78. The summed E-state index contributed by atoms with van der Waals surface area (Å²) in [6.45, 7) is 2.63. The highest BCUT2D eigenvalue weighted by Gasteiger charge is 2.34. The second-order valence-corrected chi connectivity index (χ2v) is 4.02. The second kappa shape index (κ2) is 5.17. The molecule has 0 bridgehead atoms. The Kier molecular flexibility index (Phi) is 4.16. The van der Waals surface area contributed by atoms with Gasteiger partial charge in [-0.15, -0.1) is 12.3 Å². The normalized spacial score (nSPS) is 26.9. The van der Waals surface area contributed by atoms with Gasteiger partial charge < -0.3 is 4.74 Å². The largest absolute Gasteiger partial charge is 0.368 e. The van der Waals surface area contributed by atoms with E-state index in [1.54, 1.807) is 0 Å². The van der Waals surface area contributed by atoms with Gasteiger partial charge >= 0.3 is 0 Å². The molecule has 1 fully saturated rings. The zero-order valence-electron chi connectivity index (χ0n) is 8.84. The van der Waals surface area contributed by atoms with Gasteiger partial charge in [0.2, 0.25) is 0 Å². The number of ketones is 1. The molecule has 78 valence electrons. The summed E-state index contributed by atoms with van der Waals surface area (Å²) in [4.78, 5) is 11.8. The molecule has 1 unspecified atom stereocenters. The number of carbonyl (C=O) groups excluding carboxylic acids is 1. The Hall–Kier alpha value is -0.810. The zero-order valence-corrected chi connectivity index (χ0v) is 8.84. The molecule has 1 atom stereocenters. The van der Waals surface area contributed by atoms with E-state index in [1.165, 1.54) is 0 Å². The van der Waals surface area contributed by atoms with Gasteiger partial charge in [0, 0.05) is 19.4 Å². The maximum Gasteiger partial charge on any atom is 0.164 e. The molecular formula is C12H18O2. The summed E-state index contributed by atoms with van der Waals surface area (Å²) >= 11 is 0. The Bertz CT molecular complexity index is 231. The van der Waals surface area contributed by atoms with Gasteiger partial charge in [0.05, 0.1) is 0 Å². The van der Waals surface area contributed by atoms with E-state index in [0.717, 1.165) is 32.3 Å². The molecule has 1 saturated heterocycles. The van der Waals surface area contributed by atoms with Gasteiger partial charge in [0.15, 0.2) is 5.78 Å². The van der Waals surface area contributed by atoms with Gasteiger partial charge in [0.25, 0.3) is 0 Å². The van der Waals surface area contributed by atoms with Crippen LogP contribution in [0, 0.1) is 12.3 Å². The summed E-state index contributed by atoms with van der Waals surface area (Å²) in [5.41, 5.74) is -0.521. The Morgan fingerprint density at radius 3 is 2.93 bits per heavy atom. The Labute approximate surface area is 86.0 Å². The van der Waals surface area contributed by atoms with Crippen LogP contribution in [0.3, 0.4) is 0 Å². The van der Waals surface area contributed by atoms with Crippen LogP contribution < -0.4 is 0 Å². The molecule has 1 aliphatic heterocycles. The number of ether oxygens (including phenoxy) is 1. The van der Waals surface area contributed by atoms with Crippen molar-refractivity contribution >= 4 is 5.78 Å². The van der Waals surface area contributed by atoms with Gasteiger partial charge in [-0.1, -0.05) is 0 Å². The molecule has 0 saturated carbocycles. The zero-order chi connectivity index (χ0) is 10.4. The molecule has 0 aromatic carbocycles. The second-order valence-electron chi connectivity index (χ2n) is 4.02. The van der Waals surface area contributed by atoms with Crippen molar-refractivity contribution in [2.75, 3.05) is 6.61 Å². The van der Waals surface area contributed by atoms with E-state index in [0.29, 0.717) is 12.8 Å². The van der Waals surface area contributed by atoms with Crippen LogP contribution in [0.25, 0.3) is 0 Å². The molecule has 0 aromatic heterocycles. The average molecular weight is 194 g/mol. The molecule has 0 spiro atoms. The quantitative estimate of drug-likeness (QED) is 0.507. The van der Waals surface area contributed by atoms with Crippen LogP contribution in [-0.4, -0.2) is 18.0 Å². The average Bonchev–Trinajstić information content (AvgIpc) is 2.19. The SMILES string of the molecule is C#CCCCC(=O)C1(C)CCCCO1. The molecule has 1 rings (SSSR count). The third-order valence-electron chi connectivity index (χ3n) is 2.78. The lowest BCUT2D eigenvalue weighted by Crippen LogP contribution is -2.41. The lowest BCUT2D eigenvalue weighted by Gasteiger charge is -2.32. The minimum absolute atomic E-state index is 0.215. The molecule has 0 aliphatic carbocycles. The van der Waals surface area contributed by atoms with Crippen LogP contribution in [0.4, 0.5) is 0 Å². The van der Waals surface area contributed by atoms with Gasteiger partial charge in [-0.3, -0.25) is 4.79 Å². The predicted molar refractivity (Wildman–Crippen MR) is 55.9 cm³/mol. The first kappa shape index (κ1) is 11.3. The van der Waals surface area contributed by atoms with E-state index in [9.17, 15) is 4.79 Å². The van der Waals surface area contributed by atoms with Gasteiger partial charge in [-0.05, 0) is 32.6 Å². The van der Waals surface area contributed by atoms with E-state index in [2.05, 4.69) is 5.92 Å². The molecule has 1 heterocycles. The summed E-state index contributed by atoms with van der Waals surface area (Å²) in [6, 6.07) is 0. The molecule has 0 radical (unpaired) electrons. The van der Waals surface area contributed by atoms with Gasteiger partial charge in [-0.25, -0.2) is 0 Å². The maximum absolute atomic E-state index is 11.8. The van der Waals surface area contributed by atoms with Crippen molar-refractivity contribution in [2.45, 2.75) is 51.0 Å². The first-order valence-electron chi connectivity index (χ1n) is 5.30. The molecule has 1 aliphatic rings. The number of carbonyl (C=O) groups is 1. The van der Waals surface area contributed by atoms with Crippen LogP contribution in [0.2, 0.25) is 0 Å².